The summed E-state index contributed by atoms with van der Waals surface area (Å²) >= 11 is 0. The van der Waals surface area contributed by atoms with Gasteiger partial charge in [-0.25, -0.2) is 4.98 Å². The number of likely N-dealkylation sites (tertiary alicyclic amines) is 2. The molecule has 22 heavy (non-hydrogen) atoms. The Bertz CT molecular complexity index is 571. The second-order valence-electron chi connectivity index (χ2n) is 6.56. The number of nitrogens with zero attached hydrogens (tertiary/aromatic N) is 3. The highest BCUT2D eigenvalue weighted by Crippen LogP contribution is 2.37. The number of hydrogen-bond acceptors (Lipinski definition) is 3. The van der Waals surface area contributed by atoms with Crippen LogP contribution < -0.4 is 0 Å². The fraction of sp³-hybridized carbons (Fsp3) is 0.556. The van der Waals surface area contributed by atoms with Gasteiger partial charge in [0.25, 0.3) is 5.91 Å². The molecular formula is C18H25N3O. The molecule has 2 fully saturated rings. The Hall–Kier alpha value is -1.68. The number of hydrogen-bond donors (Lipinski definition) is 0. The number of piperidine rings is 1. The van der Waals surface area contributed by atoms with Crippen LogP contribution in [0.1, 0.15) is 41.9 Å². The lowest BCUT2D eigenvalue weighted by Crippen LogP contribution is -2.57. The summed E-state index contributed by atoms with van der Waals surface area (Å²) in [7, 11) is 0. The maximum Gasteiger partial charge on any atom is 0.272 e. The SMILES string of the molecule is C=CCN1CCC[C@]12CCCN(C(=O)c1cccc(C)n1)C2. The largest absolute Gasteiger partial charge is 0.335 e. The highest BCUT2D eigenvalue weighted by atomic mass is 16.2. The first-order chi connectivity index (χ1) is 10.6. The van der Waals surface area contributed by atoms with Crippen LogP contribution in [0.15, 0.2) is 30.9 Å². The van der Waals surface area contributed by atoms with Crippen molar-refractivity contribution < 1.29 is 4.79 Å². The van der Waals surface area contributed by atoms with Gasteiger partial charge in [-0.1, -0.05) is 12.1 Å². The van der Waals surface area contributed by atoms with E-state index in [4.69, 9.17) is 0 Å². The molecule has 3 heterocycles. The molecule has 0 N–H and O–H groups in total. The summed E-state index contributed by atoms with van der Waals surface area (Å²) in [6.07, 6.45) is 6.65. The van der Waals surface area contributed by atoms with Crippen molar-refractivity contribution in [2.75, 3.05) is 26.2 Å². The third-order valence-corrected chi connectivity index (χ3v) is 5.04. The Balaban J connectivity index is 1.78. The Labute approximate surface area is 132 Å². The van der Waals surface area contributed by atoms with E-state index < -0.39 is 0 Å². The highest BCUT2D eigenvalue weighted by Gasteiger charge is 2.44. The van der Waals surface area contributed by atoms with E-state index in [0.717, 1.165) is 38.3 Å². The van der Waals surface area contributed by atoms with E-state index in [9.17, 15) is 4.79 Å². The van der Waals surface area contributed by atoms with Gasteiger partial charge in [-0.2, -0.15) is 0 Å². The second kappa shape index (κ2) is 6.21. The first kappa shape index (κ1) is 15.2. The third-order valence-electron chi connectivity index (χ3n) is 5.04. The summed E-state index contributed by atoms with van der Waals surface area (Å²) in [5.74, 6) is 0.0771. The minimum Gasteiger partial charge on any atom is -0.335 e. The van der Waals surface area contributed by atoms with Gasteiger partial charge in [-0.3, -0.25) is 9.69 Å². The first-order valence-corrected chi connectivity index (χ1v) is 8.23. The molecule has 1 amide bonds. The van der Waals surface area contributed by atoms with E-state index in [0.29, 0.717) is 5.69 Å². The molecule has 0 radical (unpaired) electrons. The van der Waals surface area contributed by atoms with Crippen LogP contribution in [-0.4, -0.2) is 52.4 Å². The minimum absolute atomic E-state index is 0.0771. The number of amides is 1. The van der Waals surface area contributed by atoms with E-state index in [1.807, 2.05) is 36.1 Å². The van der Waals surface area contributed by atoms with E-state index in [1.54, 1.807) is 0 Å². The molecule has 118 valence electrons. The Morgan fingerprint density at radius 2 is 2.14 bits per heavy atom. The fourth-order valence-electron chi connectivity index (χ4n) is 4.01. The summed E-state index contributed by atoms with van der Waals surface area (Å²) in [6.45, 7) is 9.53. The molecule has 0 aromatic carbocycles. The van der Waals surface area contributed by atoms with Crippen molar-refractivity contribution in [1.29, 1.82) is 0 Å². The topological polar surface area (TPSA) is 36.4 Å². The van der Waals surface area contributed by atoms with Crippen molar-refractivity contribution in [2.45, 2.75) is 38.1 Å². The van der Waals surface area contributed by atoms with Crippen LogP contribution in [0.3, 0.4) is 0 Å². The van der Waals surface area contributed by atoms with Crippen LogP contribution in [-0.2, 0) is 0 Å². The van der Waals surface area contributed by atoms with Gasteiger partial charge in [0.05, 0.1) is 0 Å². The molecule has 1 spiro atoms. The molecule has 4 nitrogen and oxygen atoms in total. The zero-order valence-electron chi connectivity index (χ0n) is 13.4. The van der Waals surface area contributed by atoms with Crippen LogP contribution in [0.5, 0.6) is 0 Å². The molecule has 3 rings (SSSR count). The number of aryl methyl sites for hydroxylation is 1. The zero-order chi connectivity index (χ0) is 15.6. The van der Waals surface area contributed by atoms with Crippen molar-refractivity contribution >= 4 is 5.91 Å². The lowest BCUT2D eigenvalue weighted by Gasteiger charge is -2.45. The van der Waals surface area contributed by atoms with Crippen molar-refractivity contribution in [2.24, 2.45) is 0 Å². The quantitative estimate of drug-likeness (QED) is 0.805. The summed E-state index contributed by atoms with van der Waals surface area (Å²) in [5.41, 5.74) is 1.63. The van der Waals surface area contributed by atoms with Crippen molar-refractivity contribution in [3.05, 3.63) is 42.2 Å². The third kappa shape index (κ3) is 2.80. The van der Waals surface area contributed by atoms with Gasteiger partial charge < -0.3 is 4.90 Å². The summed E-state index contributed by atoms with van der Waals surface area (Å²) < 4.78 is 0. The number of rotatable bonds is 3. The minimum atomic E-state index is 0.0771. The lowest BCUT2D eigenvalue weighted by molar-refractivity contribution is 0.0362. The van der Waals surface area contributed by atoms with Gasteiger partial charge >= 0.3 is 0 Å². The Kier molecular flexibility index (Phi) is 4.30. The predicted octanol–water partition coefficient (Wildman–Crippen LogP) is 2.65. The summed E-state index contributed by atoms with van der Waals surface area (Å²) in [5, 5.41) is 0. The number of pyridine rings is 1. The molecule has 2 aliphatic heterocycles. The van der Waals surface area contributed by atoms with Gasteiger partial charge in [0.2, 0.25) is 0 Å². The average Bonchev–Trinajstić information content (AvgIpc) is 2.89. The molecule has 4 heteroatoms. The Morgan fingerprint density at radius 3 is 2.86 bits per heavy atom. The van der Waals surface area contributed by atoms with Crippen LogP contribution in [0.25, 0.3) is 0 Å². The first-order valence-electron chi connectivity index (χ1n) is 8.23. The van der Waals surface area contributed by atoms with Gasteiger partial charge in [0, 0.05) is 30.9 Å². The molecule has 1 aromatic heterocycles. The molecule has 1 atom stereocenters. The standard InChI is InChI=1S/C18H25N3O/c1-3-11-21-13-6-10-18(21)9-5-12-20(14-18)17(22)16-8-4-7-15(2)19-16/h3-4,7-8H,1,5-6,9-14H2,2H3/t18-/m0/s1. The van der Waals surface area contributed by atoms with E-state index in [2.05, 4.69) is 16.5 Å². The molecule has 0 saturated carbocycles. The van der Waals surface area contributed by atoms with Crippen LogP contribution in [0.4, 0.5) is 0 Å². The van der Waals surface area contributed by atoms with Crippen LogP contribution in [0.2, 0.25) is 0 Å². The fourth-order valence-corrected chi connectivity index (χ4v) is 4.01. The summed E-state index contributed by atoms with van der Waals surface area (Å²) in [6, 6.07) is 5.67. The molecule has 2 aliphatic rings. The van der Waals surface area contributed by atoms with E-state index >= 15 is 0 Å². The van der Waals surface area contributed by atoms with E-state index in [-0.39, 0.29) is 11.4 Å². The molecule has 0 unspecified atom stereocenters. The highest BCUT2D eigenvalue weighted by molar-refractivity contribution is 5.92. The predicted molar refractivity (Wildman–Crippen MR) is 87.8 cm³/mol. The molecule has 0 aliphatic carbocycles. The lowest BCUT2D eigenvalue weighted by atomic mass is 9.86. The normalized spacial score (nSPS) is 25.6. The van der Waals surface area contributed by atoms with Gasteiger partial charge in [-0.05, 0) is 51.3 Å². The smallest absolute Gasteiger partial charge is 0.272 e. The second-order valence-corrected chi connectivity index (χ2v) is 6.56. The van der Waals surface area contributed by atoms with Gasteiger partial charge in [0.1, 0.15) is 5.69 Å². The molecule has 2 saturated heterocycles. The number of aromatic nitrogens is 1. The molecular weight excluding hydrogens is 274 g/mol. The van der Waals surface area contributed by atoms with Gasteiger partial charge in [0.15, 0.2) is 0 Å². The van der Waals surface area contributed by atoms with Crippen molar-refractivity contribution in [1.82, 2.24) is 14.8 Å². The summed E-state index contributed by atoms with van der Waals surface area (Å²) in [4.78, 5) is 21.7. The van der Waals surface area contributed by atoms with Gasteiger partial charge in [-0.15, -0.1) is 6.58 Å². The van der Waals surface area contributed by atoms with Crippen molar-refractivity contribution in [3.63, 3.8) is 0 Å². The molecule has 0 bridgehead atoms. The monoisotopic (exact) mass is 299 g/mol. The van der Waals surface area contributed by atoms with Crippen LogP contribution >= 0.6 is 0 Å². The maximum atomic E-state index is 12.8. The maximum absolute atomic E-state index is 12.8. The van der Waals surface area contributed by atoms with E-state index in [1.165, 1.54) is 19.3 Å². The average molecular weight is 299 g/mol. The number of carbonyl (C=O) groups excluding carboxylic acids is 1. The van der Waals surface area contributed by atoms with Crippen LogP contribution in [0, 0.1) is 6.92 Å². The molecule has 1 aromatic rings. The zero-order valence-corrected chi connectivity index (χ0v) is 13.4. The van der Waals surface area contributed by atoms with Crippen molar-refractivity contribution in [3.8, 4) is 0 Å². The number of carbonyl (C=O) groups is 1. The Morgan fingerprint density at radius 1 is 1.36 bits per heavy atom.